The van der Waals surface area contributed by atoms with Crippen molar-refractivity contribution in [2.24, 2.45) is 7.05 Å². The maximum Gasteiger partial charge on any atom is 0.249 e. The molecule has 6 nitrogen and oxygen atoms in total. The van der Waals surface area contributed by atoms with Gasteiger partial charge in [-0.05, 0) is 30.2 Å². The molecular formula is C17H18N4O2. The van der Waals surface area contributed by atoms with Gasteiger partial charge in [0.1, 0.15) is 0 Å². The molecular weight excluding hydrogens is 292 g/mol. The molecule has 1 aliphatic heterocycles. The summed E-state index contributed by atoms with van der Waals surface area (Å²) in [5, 5.41) is 6.77. The van der Waals surface area contributed by atoms with Gasteiger partial charge < -0.3 is 10.2 Å². The fourth-order valence-corrected chi connectivity index (χ4v) is 2.51. The van der Waals surface area contributed by atoms with E-state index in [-0.39, 0.29) is 11.8 Å². The van der Waals surface area contributed by atoms with Crippen LogP contribution in [0.2, 0.25) is 0 Å². The molecule has 0 spiro atoms. The lowest BCUT2D eigenvalue weighted by molar-refractivity contribution is -0.117. The number of carbonyl (C=O) groups is 2. The summed E-state index contributed by atoms with van der Waals surface area (Å²) >= 11 is 0. The zero-order valence-electron chi connectivity index (χ0n) is 12.9. The highest BCUT2D eigenvalue weighted by atomic mass is 16.2. The number of hydrogen-bond acceptors (Lipinski definition) is 3. The largest absolute Gasteiger partial charge is 0.312 e. The highest BCUT2D eigenvalue weighted by molar-refractivity contribution is 6.01. The van der Waals surface area contributed by atoms with Crippen molar-refractivity contribution in [2.75, 3.05) is 16.8 Å². The summed E-state index contributed by atoms with van der Waals surface area (Å²) < 4.78 is 1.62. The minimum atomic E-state index is -0.234. The van der Waals surface area contributed by atoms with E-state index in [1.165, 1.54) is 6.08 Å². The molecule has 23 heavy (non-hydrogen) atoms. The molecule has 3 rings (SSSR count). The number of amides is 2. The number of aromatic nitrogens is 2. The third kappa shape index (κ3) is 3.66. The van der Waals surface area contributed by atoms with Crippen LogP contribution < -0.4 is 10.2 Å². The molecule has 2 amide bonds. The van der Waals surface area contributed by atoms with Crippen molar-refractivity contribution in [3.05, 3.63) is 48.2 Å². The van der Waals surface area contributed by atoms with Crippen molar-refractivity contribution in [3.8, 4) is 0 Å². The van der Waals surface area contributed by atoms with E-state index in [1.54, 1.807) is 35.0 Å². The molecule has 1 aromatic heterocycles. The van der Waals surface area contributed by atoms with Crippen LogP contribution in [-0.2, 0) is 16.6 Å². The Morgan fingerprint density at radius 3 is 2.65 bits per heavy atom. The summed E-state index contributed by atoms with van der Waals surface area (Å²) in [5.41, 5.74) is 1.80. The molecule has 1 N–H and O–H groups in total. The van der Waals surface area contributed by atoms with Crippen molar-refractivity contribution in [1.29, 1.82) is 0 Å². The topological polar surface area (TPSA) is 67.2 Å². The predicted molar refractivity (Wildman–Crippen MR) is 88.9 cm³/mol. The van der Waals surface area contributed by atoms with Gasteiger partial charge in [0, 0.05) is 44.0 Å². The molecule has 1 fully saturated rings. The standard InChI is InChI=1S/C17H18N4O2/c1-20-12-10-15(19-20)18-16(22)9-6-13-4-7-14(8-5-13)21-11-2-3-17(21)23/h4-10,12H,2-3,11H2,1H3,(H,18,19,22). The Labute approximate surface area is 134 Å². The molecule has 1 aliphatic rings. The van der Waals surface area contributed by atoms with Gasteiger partial charge >= 0.3 is 0 Å². The van der Waals surface area contributed by atoms with E-state index in [1.807, 2.05) is 24.3 Å². The zero-order valence-corrected chi connectivity index (χ0v) is 12.9. The maximum atomic E-state index is 11.8. The Morgan fingerprint density at radius 1 is 1.26 bits per heavy atom. The van der Waals surface area contributed by atoms with Gasteiger partial charge in [0.2, 0.25) is 11.8 Å². The Bertz CT molecular complexity index is 746. The molecule has 0 unspecified atom stereocenters. The van der Waals surface area contributed by atoms with Crippen LogP contribution in [0.1, 0.15) is 18.4 Å². The molecule has 6 heteroatoms. The summed E-state index contributed by atoms with van der Waals surface area (Å²) in [6, 6.07) is 9.32. The van der Waals surface area contributed by atoms with E-state index >= 15 is 0 Å². The van der Waals surface area contributed by atoms with Gasteiger partial charge in [-0.15, -0.1) is 0 Å². The fourth-order valence-electron chi connectivity index (χ4n) is 2.51. The van der Waals surface area contributed by atoms with Gasteiger partial charge in [-0.25, -0.2) is 0 Å². The lowest BCUT2D eigenvalue weighted by atomic mass is 10.2. The SMILES string of the molecule is Cn1ccc(NC(=O)C=Cc2ccc(N3CCCC3=O)cc2)n1. The highest BCUT2D eigenvalue weighted by Crippen LogP contribution is 2.21. The van der Waals surface area contributed by atoms with E-state index in [4.69, 9.17) is 0 Å². The number of hydrogen-bond donors (Lipinski definition) is 1. The second-order valence-electron chi connectivity index (χ2n) is 5.44. The number of benzene rings is 1. The van der Waals surface area contributed by atoms with Crippen LogP contribution in [0, 0.1) is 0 Å². The lowest BCUT2D eigenvalue weighted by Gasteiger charge is -2.15. The average Bonchev–Trinajstić information content (AvgIpc) is 3.14. The summed E-state index contributed by atoms with van der Waals surface area (Å²) in [6.45, 7) is 0.778. The molecule has 2 heterocycles. The fraction of sp³-hybridized carbons (Fsp3) is 0.235. The Balaban J connectivity index is 1.61. The predicted octanol–water partition coefficient (Wildman–Crippen LogP) is 2.20. The summed E-state index contributed by atoms with van der Waals surface area (Å²) in [7, 11) is 1.79. The minimum absolute atomic E-state index is 0.169. The Hall–Kier alpha value is -2.89. The molecule has 0 atom stereocenters. The summed E-state index contributed by atoms with van der Waals surface area (Å²) in [4.78, 5) is 25.3. The monoisotopic (exact) mass is 310 g/mol. The average molecular weight is 310 g/mol. The number of nitrogens with zero attached hydrogens (tertiary/aromatic N) is 3. The smallest absolute Gasteiger partial charge is 0.249 e. The van der Waals surface area contributed by atoms with Crippen molar-refractivity contribution in [1.82, 2.24) is 9.78 Å². The van der Waals surface area contributed by atoms with E-state index in [2.05, 4.69) is 10.4 Å². The molecule has 1 aromatic carbocycles. The van der Waals surface area contributed by atoms with Crippen LogP contribution in [0.5, 0.6) is 0 Å². The zero-order chi connectivity index (χ0) is 16.2. The van der Waals surface area contributed by atoms with E-state index in [9.17, 15) is 9.59 Å². The third-order valence-electron chi connectivity index (χ3n) is 3.67. The van der Waals surface area contributed by atoms with Gasteiger partial charge in [-0.3, -0.25) is 14.3 Å². The summed E-state index contributed by atoms with van der Waals surface area (Å²) in [5.74, 6) is 0.454. The second-order valence-corrected chi connectivity index (χ2v) is 5.44. The molecule has 118 valence electrons. The van der Waals surface area contributed by atoms with Crippen molar-refractivity contribution in [2.45, 2.75) is 12.8 Å². The van der Waals surface area contributed by atoms with Gasteiger partial charge in [0.05, 0.1) is 0 Å². The number of anilines is 2. The van der Waals surface area contributed by atoms with Crippen LogP contribution in [0.3, 0.4) is 0 Å². The van der Waals surface area contributed by atoms with Crippen LogP contribution in [-0.4, -0.2) is 28.1 Å². The first-order valence-electron chi connectivity index (χ1n) is 7.51. The first kappa shape index (κ1) is 15.0. The lowest BCUT2D eigenvalue weighted by Crippen LogP contribution is -2.23. The normalized spacial score (nSPS) is 14.7. The van der Waals surface area contributed by atoms with Crippen LogP contribution in [0.25, 0.3) is 6.08 Å². The first-order chi connectivity index (χ1) is 11.1. The van der Waals surface area contributed by atoms with Gasteiger partial charge in [0.25, 0.3) is 0 Å². The first-order valence-corrected chi connectivity index (χ1v) is 7.51. The second kappa shape index (κ2) is 6.48. The van der Waals surface area contributed by atoms with Crippen molar-refractivity contribution in [3.63, 3.8) is 0 Å². The Kier molecular flexibility index (Phi) is 4.23. The quantitative estimate of drug-likeness (QED) is 0.880. The van der Waals surface area contributed by atoms with Crippen molar-refractivity contribution < 1.29 is 9.59 Å². The third-order valence-corrected chi connectivity index (χ3v) is 3.67. The maximum absolute atomic E-state index is 11.8. The Morgan fingerprint density at radius 2 is 2.04 bits per heavy atom. The van der Waals surface area contributed by atoms with Crippen LogP contribution in [0.15, 0.2) is 42.6 Å². The van der Waals surface area contributed by atoms with Crippen molar-refractivity contribution >= 4 is 29.4 Å². The molecule has 0 saturated carbocycles. The molecule has 1 saturated heterocycles. The number of carbonyl (C=O) groups excluding carboxylic acids is 2. The molecule has 0 radical (unpaired) electrons. The van der Waals surface area contributed by atoms with Gasteiger partial charge in [-0.2, -0.15) is 5.10 Å². The minimum Gasteiger partial charge on any atom is -0.312 e. The molecule has 0 aliphatic carbocycles. The van der Waals surface area contributed by atoms with Crippen LogP contribution in [0.4, 0.5) is 11.5 Å². The number of aryl methyl sites for hydroxylation is 1. The molecule has 0 bridgehead atoms. The van der Waals surface area contributed by atoms with Gasteiger partial charge in [0.15, 0.2) is 5.82 Å². The number of rotatable bonds is 4. The van der Waals surface area contributed by atoms with Crippen LogP contribution >= 0.6 is 0 Å². The van der Waals surface area contributed by atoms with E-state index in [0.717, 1.165) is 24.2 Å². The van der Waals surface area contributed by atoms with E-state index < -0.39 is 0 Å². The number of nitrogens with one attached hydrogen (secondary N) is 1. The highest BCUT2D eigenvalue weighted by Gasteiger charge is 2.21. The molecule has 2 aromatic rings. The summed E-state index contributed by atoms with van der Waals surface area (Å²) in [6.07, 6.45) is 6.49. The van der Waals surface area contributed by atoms with E-state index in [0.29, 0.717) is 12.2 Å². The van der Waals surface area contributed by atoms with Gasteiger partial charge in [-0.1, -0.05) is 12.1 Å².